The van der Waals surface area contributed by atoms with Crippen molar-refractivity contribution in [3.8, 4) is 17.1 Å². The van der Waals surface area contributed by atoms with E-state index >= 15 is 0 Å². The summed E-state index contributed by atoms with van der Waals surface area (Å²) in [6.45, 7) is 9.93. The van der Waals surface area contributed by atoms with Gasteiger partial charge in [-0.15, -0.1) is 0 Å². The maximum absolute atomic E-state index is 13.5. The summed E-state index contributed by atoms with van der Waals surface area (Å²) in [4.78, 5) is 33.1. The highest BCUT2D eigenvalue weighted by Gasteiger charge is 2.41. The molecule has 3 aliphatic heterocycles. The smallest absolute Gasteiger partial charge is 0.376 e. The number of rotatable bonds is 6. The molecule has 292 valence electrons. The summed E-state index contributed by atoms with van der Waals surface area (Å²) < 4.78 is 61.6. The number of aliphatic hydroxyl groups excluding tert-OH is 1. The quantitative estimate of drug-likeness (QED) is 0.194. The number of ether oxygens (including phenoxy) is 1. The van der Waals surface area contributed by atoms with Crippen molar-refractivity contribution < 1.29 is 37.5 Å². The number of benzene rings is 2. The molecule has 5 heterocycles. The average molecular weight is 789 g/mol. The summed E-state index contributed by atoms with van der Waals surface area (Å²) in [6, 6.07) is 5.01. The van der Waals surface area contributed by atoms with Gasteiger partial charge in [-0.2, -0.15) is 19.6 Å². The third kappa shape index (κ3) is 8.39. The van der Waals surface area contributed by atoms with Crippen molar-refractivity contribution in [2.45, 2.75) is 51.8 Å². The van der Waals surface area contributed by atoms with Gasteiger partial charge in [-0.25, -0.2) is 17.6 Å². The fraction of sp³-hybridized carbons (Fsp3) is 0.412. The van der Waals surface area contributed by atoms with Gasteiger partial charge in [0.2, 0.25) is 5.75 Å². The van der Waals surface area contributed by atoms with Gasteiger partial charge < -0.3 is 39.3 Å². The number of hydrogen-bond donors (Lipinski definition) is 3. The van der Waals surface area contributed by atoms with Crippen molar-refractivity contribution in [2.24, 2.45) is 0 Å². The maximum atomic E-state index is 13.5. The third-order valence-corrected chi connectivity index (χ3v) is 10.3. The second-order valence-electron chi connectivity index (χ2n) is 13.7. The molecule has 0 bridgehead atoms. The summed E-state index contributed by atoms with van der Waals surface area (Å²) in [5, 5.41) is 37.8. The van der Waals surface area contributed by atoms with Gasteiger partial charge >= 0.3 is 19.7 Å². The Morgan fingerprint density at radius 2 is 1.24 bits per heavy atom. The van der Waals surface area contributed by atoms with Gasteiger partial charge in [0, 0.05) is 51.4 Å². The fourth-order valence-electron chi connectivity index (χ4n) is 7.08. The van der Waals surface area contributed by atoms with Crippen LogP contribution in [-0.4, -0.2) is 122 Å². The van der Waals surface area contributed by atoms with Gasteiger partial charge in [0.15, 0.2) is 0 Å². The van der Waals surface area contributed by atoms with Crippen LogP contribution in [0.15, 0.2) is 58.4 Å². The van der Waals surface area contributed by atoms with Crippen LogP contribution in [0.25, 0.3) is 11.4 Å². The Morgan fingerprint density at radius 3 is 1.75 bits per heavy atom. The van der Waals surface area contributed by atoms with Crippen LogP contribution in [0.3, 0.4) is 0 Å². The molecule has 0 amide bonds. The summed E-state index contributed by atoms with van der Waals surface area (Å²) in [7, 11) is -1.23. The lowest BCUT2D eigenvalue weighted by atomic mass is 9.82. The minimum Gasteiger partial charge on any atom is -0.481 e. The molecule has 0 aliphatic carbocycles. The van der Waals surface area contributed by atoms with Gasteiger partial charge in [0.25, 0.3) is 5.56 Å². The minimum absolute atomic E-state index is 0.00222. The average Bonchev–Trinajstić information content (AvgIpc) is 3.12. The van der Waals surface area contributed by atoms with Crippen LogP contribution in [0.4, 0.5) is 28.9 Å². The predicted octanol–water partition coefficient (Wildman–Crippen LogP) is 2.04. The van der Waals surface area contributed by atoms with Crippen LogP contribution in [0.5, 0.6) is 5.75 Å². The Bertz CT molecular complexity index is 2130. The van der Waals surface area contributed by atoms with E-state index in [1.807, 2.05) is 16.6 Å². The van der Waals surface area contributed by atoms with E-state index in [-0.39, 0.29) is 34.3 Å². The monoisotopic (exact) mass is 788 g/mol. The molecule has 2 saturated heterocycles. The topological polar surface area (TPSA) is 153 Å². The number of piperazine rings is 2. The first-order valence-corrected chi connectivity index (χ1v) is 18.0. The molecule has 3 N–H and O–H groups in total. The van der Waals surface area contributed by atoms with E-state index in [1.165, 1.54) is 12.4 Å². The lowest BCUT2D eigenvalue weighted by molar-refractivity contribution is 0.130. The summed E-state index contributed by atoms with van der Waals surface area (Å²) in [6.07, 6.45) is 1.75. The SMILES string of the molecule is CB(O)N1CCN(c2cnn(-c3cc(F)cc(F)c3)c(=O)c2Cl)C(C(C)O)C1.CB(O)N1CCN2c3cnn(-c4cc(F)cc(F)c4)c(=O)c3OC(C)C2C1. The molecule has 55 heavy (non-hydrogen) atoms. The van der Waals surface area contributed by atoms with Crippen molar-refractivity contribution in [1.29, 1.82) is 0 Å². The number of aromatic nitrogens is 4. The second-order valence-corrected chi connectivity index (χ2v) is 14.1. The summed E-state index contributed by atoms with van der Waals surface area (Å²) in [5.74, 6) is -3.15. The Kier molecular flexibility index (Phi) is 11.9. The zero-order chi connectivity index (χ0) is 39.9. The molecule has 2 aromatic carbocycles. The molecule has 14 nitrogen and oxygen atoms in total. The Labute approximate surface area is 319 Å². The van der Waals surface area contributed by atoms with Gasteiger partial charge in [0.05, 0.1) is 47.6 Å². The minimum atomic E-state index is -0.840. The molecule has 4 unspecified atom stereocenters. The van der Waals surface area contributed by atoms with E-state index < -0.39 is 60.6 Å². The molecule has 4 aromatic rings. The largest absolute Gasteiger partial charge is 0.481 e. The molecular formula is C34H39B2ClF4N8O6. The van der Waals surface area contributed by atoms with Crippen LogP contribution < -0.4 is 25.7 Å². The third-order valence-electron chi connectivity index (χ3n) is 9.98. The molecule has 2 aromatic heterocycles. The lowest BCUT2D eigenvalue weighted by Gasteiger charge is -2.48. The van der Waals surface area contributed by atoms with E-state index in [4.69, 9.17) is 16.3 Å². The van der Waals surface area contributed by atoms with E-state index in [1.54, 1.807) is 30.3 Å². The standard InChI is InChI=1S/C17H20BClF2N4O3.C17H19BF2N4O3/c1-10(26)15-9-23(18(2)28)3-4-24(15)14-8-22-25(17(27)16(14)19)13-6-11(20)5-12(21)7-13;1-10-15-9-22(18(2)26)3-4-23(15)14-8-21-24(17(25)16(14)27-10)13-6-11(19)5-12(20)7-13/h5-8,10,15,26,28H,3-4,9H2,1-2H3;5-8,10,15,26H,3-4,9H2,1-2H3. The number of nitrogens with zero attached hydrogens (tertiary/aromatic N) is 8. The van der Waals surface area contributed by atoms with Crippen LogP contribution in [0, 0.1) is 23.3 Å². The number of hydrogen-bond acceptors (Lipinski definition) is 12. The first-order valence-electron chi connectivity index (χ1n) is 17.6. The van der Waals surface area contributed by atoms with Crippen molar-refractivity contribution in [1.82, 2.24) is 29.2 Å². The van der Waals surface area contributed by atoms with Crippen LogP contribution >= 0.6 is 11.6 Å². The molecule has 0 radical (unpaired) electrons. The first-order chi connectivity index (χ1) is 26.0. The van der Waals surface area contributed by atoms with Gasteiger partial charge in [0.1, 0.15) is 40.1 Å². The highest BCUT2D eigenvalue weighted by atomic mass is 35.5. The molecule has 4 atom stereocenters. The number of aliphatic hydroxyl groups is 1. The van der Waals surface area contributed by atoms with Gasteiger partial charge in [-0.3, -0.25) is 9.59 Å². The van der Waals surface area contributed by atoms with Crippen molar-refractivity contribution in [2.75, 3.05) is 49.1 Å². The number of halogens is 5. The molecule has 0 saturated carbocycles. The van der Waals surface area contributed by atoms with Crippen molar-refractivity contribution in [3.63, 3.8) is 0 Å². The Hall–Kier alpha value is -4.46. The molecule has 3 aliphatic rings. The van der Waals surface area contributed by atoms with Crippen LogP contribution in [0.2, 0.25) is 18.7 Å². The van der Waals surface area contributed by atoms with E-state index in [0.29, 0.717) is 56.7 Å². The van der Waals surface area contributed by atoms with E-state index in [2.05, 4.69) is 10.2 Å². The molecule has 0 spiro atoms. The Morgan fingerprint density at radius 1 is 0.764 bits per heavy atom. The van der Waals surface area contributed by atoms with Gasteiger partial charge in [-0.05, 0) is 51.8 Å². The number of fused-ring (bicyclic) bond motifs is 3. The van der Waals surface area contributed by atoms with Crippen molar-refractivity contribution >= 4 is 37.1 Å². The predicted molar refractivity (Wildman–Crippen MR) is 199 cm³/mol. The zero-order valence-electron chi connectivity index (χ0n) is 30.4. The molecule has 7 rings (SSSR count). The zero-order valence-corrected chi connectivity index (χ0v) is 31.1. The lowest BCUT2D eigenvalue weighted by Crippen LogP contribution is -2.63. The Balaban J connectivity index is 0.000000187. The molecule has 2 fully saturated rings. The number of anilines is 2. The van der Waals surface area contributed by atoms with Crippen LogP contribution in [-0.2, 0) is 0 Å². The first kappa shape index (κ1) is 40.2. The second kappa shape index (κ2) is 16.3. The van der Waals surface area contributed by atoms with Crippen molar-refractivity contribution in [3.05, 3.63) is 97.8 Å². The van der Waals surface area contributed by atoms with Crippen LogP contribution in [0.1, 0.15) is 13.8 Å². The van der Waals surface area contributed by atoms with Gasteiger partial charge in [-0.1, -0.05) is 11.6 Å². The van der Waals surface area contributed by atoms with E-state index in [0.717, 1.165) is 39.7 Å². The highest BCUT2D eigenvalue weighted by Crippen LogP contribution is 2.35. The molecular weight excluding hydrogens is 749 g/mol. The molecule has 21 heteroatoms. The highest BCUT2D eigenvalue weighted by molar-refractivity contribution is 6.45. The van der Waals surface area contributed by atoms with E-state index in [9.17, 15) is 42.3 Å². The normalized spacial score (nSPS) is 20.5. The summed E-state index contributed by atoms with van der Waals surface area (Å²) >= 11 is 6.28. The maximum Gasteiger partial charge on any atom is 0.376 e. The fourth-order valence-corrected chi connectivity index (χ4v) is 7.32. The summed E-state index contributed by atoms with van der Waals surface area (Å²) in [5.41, 5.74) is -0.510.